The molecule has 1 aromatic rings. The average molecular weight is 294 g/mol. The lowest BCUT2D eigenvalue weighted by atomic mass is 10.2. The van der Waals surface area contributed by atoms with Crippen LogP contribution in [0.1, 0.15) is 19.4 Å². The molecule has 0 aliphatic carbocycles. The summed E-state index contributed by atoms with van der Waals surface area (Å²) in [5, 5.41) is 10.1. The summed E-state index contributed by atoms with van der Waals surface area (Å²) in [6, 6.07) is 8.14. The minimum atomic E-state index is -0.381. The van der Waals surface area contributed by atoms with Crippen LogP contribution in [0.2, 0.25) is 0 Å². The largest absolute Gasteiger partial charge is 0.491 e. The lowest BCUT2D eigenvalue weighted by molar-refractivity contribution is -1.01. The van der Waals surface area contributed by atoms with E-state index in [4.69, 9.17) is 4.74 Å². The van der Waals surface area contributed by atoms with E-state index in [9.17, 15) is 5.11 Å². The highest BCUT2D eigenvalue weighted by atomic mass is 16.5. The second kappa shape index (κ2) is 8.37. The summed E-state index contributed by atoms with van der Waals surface area (Å²) < 4.78 is 5.68. The smallest absolute Gasteiger partial charge is 0.137 e. The Hall–Kier alpha value is -1.10. The Balaban J connectivity index is 1.68. The maximum Gasteiger partial charge on any atom is 0.137 e. The van der Waals surface area contributed by atoms with Gasteiger partial charge in [-0.3, -0.25) is 0 Å². The molecule has 1 heterocycles. The first-order chi connectivity index (χ1) is 10.2. The number of ether oxygens (including phenoxy) is 1. The van der Waals surface area contributed by atoms with Gasteiger partial charge in [0.2, 0.25) is 0 Å². The van der Waals surface area contributed by atoms with Gasteiger partial charge < -0.3 is 19.6 Å². The third kappa shape index (κ3) is 5.30. The van der Waals surface area contributed by atoms with E-state index < -0.39 is 0 Å². The molecule has 4 heteroatoms. The third-order valence-corrected chi connectivity index (χ3v) is 4.46. The zero-order valence-corrected chi connectivity index (χ0v) is 13.4. The first-order valence-corrected chi connectivity index (χ1v) is 8.28. The van der Waals surface area contributed by atoms with Crippen molar-refractivity contribution in [3.63, 3.8) is 0 Å². The molecule has 1 fully saturated rings. The number of hydrogen-bond donors (Lipinski definition) is 3. The molecule has 4 nitrogen and oxygen atoms in total. The van der Waals surface area contributed by atoms with Crippen LogP contribution in [-0.4, -0.2) is 57.1 Å². The quantitative estimate of drug-likeness (QED) is 0.591. The molecule has 3 N–H and O–H groups in total. The normalized spacial score (nSPS) is 23.8. The molecular weight excluding hydrogens is 264 g/mol. The van der Waals surface area contributed by atoms with E-state index in [2.05, 4.69) is 26.0 Å². The standard InChI is InChI=1S/C17H28N2O2/c1-3-15-5-7-17(8-6-15)21-14-16(20)13-19-11-9-18(4-2)10-12-19/h5-8,16,20H,3-4,9-14H2,1-2H3/p+2/t16-/m0/s1. The summed E-state index contributed by atoms with van der Waals surface area (Å²) in [6.07, 6.45) is 0.659. The first kappa shape index (κ1) is 16.3. The number of quaternary nitrogens is 2. The Bertz CT molecular complexity index is 400. The fraction of sp³-hybridized carbons (Fsp3) is 0.647. The number of benzene rings is 1. The molecule has 2 rings (SSSR count). The van der Waals surface area contributed by atoms with Gasteiger partial charge >= 0.3 is 0 Å². The van der Waals surface area contributed by atoms with Crippen molar-refractivity contribution in [3.05, 3.63) is 29.8 Å². The van der Waals surface area contributed by atoms with Crippen molar-refractivity contribution in [3.8, 4) is 5.75 Å². The number of aliphatic hydroxyl groups is 1. The van der Waals surface area contributed by atoms with Gasteiger partial charge in [0, 0.05) is 0 Å². The molecule has 0 saturated carbocycles. The van der Waals surface area contributed by atoms with Crippen LogP contribution in [0, 0.1) is 0 Å². The zero-order valence-electron chi connectivity index (χ0n) is 13.4. The van der Waals surface area contributed by atoms with Gasteiger partial charge in [-0.1, -0.05) is 19.1 Å². The van der Waals surface area contributed by atoms with Crippen LogP contribution in [0.15, 0.2) is 24.3 Å². The van der Waals surface area contributed by atoms with E-state index in [-0.39, 0.29) is 6.10 Å². The highest BCUT2D eigenvalue weighted by Crippen LogP contribution is 2.12. The molecule has 0 aromatic heterocycles. The fourth-order valence-electron chi connectivity index (χ4n) is 2.92. The van der Waals surface area contributed by atoms with Gasteiger partial charge in [-0.25, -0.2) is 0 Å². The van der Waals surface area contributed by atoms with Gasteiger partial charge in [-0.15, -0.1) is 0 Å². The number of hydrogen-bond acceptors (Lipinski definition) is 2. The number of piperazine rings is 1. The van der Waals surface area contributed by atoms with Crippen LogP contribution >= 0.6 is 0 Å². The summed E-state index contributed by atoms with van der Waals surface area (Å²) in [6.45, 7) is 11.5. The maximum atomic E-state index is 10.1. The molecule has 0 bridgehead atoms. The van der Waals surface area contributed by atoms with Gasteiger partial charge in [0.1, 0.15) is 51.2 Å². The predicted molar refractivity (Wildman–Crippen MR) is 84.1 cm³/mol. The van der Waals surface area contributed by atoms with Gasteiger partial charge in [-0.2, -0.15) is 0 Å². The van der Waals surface area contributed by atoms with Gasteiger partial charge in [0.25, 0.3) is 0 Å². The van der Waals surface area contributed by atoms with Crippen molar-refractivity contribution in [1.82, 2.24) is 0 Å². The molecule has 1 aliphatic rings. The Morgan fingerprint density at radius 2 is 1.67 bits per heavy atom. The highest BCUT2D eigenvalue weighted by molar-refractivity contribution is 5.27. The predicted octanol–water partition coefficient (Wildman–Crippen LogP) is -1.21. The Labute approximate surface area is 128 Å². The minimum Gasteiger partial charge on any atom is -0.491 e. The number of nitrogens with one attached hydrogen (secondary N) is 2. The molecule has 21 heavy (non-hydrogen) atoms. The number of aryl methyl sites for hydroxylation is 1. The van der Waals surface area contributed by atoms with Crippen LogP contribution in [0.4, 0.5) is 0 Å². The molecule has 118 valence electrons. The van der Waals surface area contributed by atoms with E-state index in [1.54, 1.807) is 4.90 Å². The first-order valence-electron chi connectivity index (χ1n) is 8.28. The molecule has 1 saturated heterocycles. The lowest BCUT2D eigenvalue weighted by Crippen LogP contribution is -3.28. The van der Waals surface area contributed by atoms with Gasteiger partial charge in [0.05, 0.1) is 6.54 Å². The van der Waals surface area contributed by atoms with Crippen LogP contribution in [0.5, 0.6) is 5.75 Å². The highest BCUT2D eigenvalue weighted by Gasteiger charge is 2.23. The topological polar surface area (TPSA) is 38.3 Å². The van der Waals surface area contributed by atoms with E-state index in [0.29, 0.717) is 6.61 Å². The molecule has 0 spiro atoms. The van der Waals surface area contributed by atoms with Gasteiger partial charge in [-0.05, 0) is 31.0 Å². The van der Waals surface area contributed by atoms with Crippen molar-refractivity contribution >= 4 is 0 Å². The Morgan fingerprint density at radius 1 is 1.05 bits per heavy atom. The number of likely N-dealkylation sites (N-methyl/N-ethyl adjacent to an activating group) is 1. The Kier molecular flexibility index (Phi) is 6.49. The van der Waals surface area contributed by atoms with Crippen molar-refractivity contribution in [2.75, 3.05) is 45.9 Å². The summed E-state index contributed by atoms with van der Waals surface area (Å²) >= 11 is 0. The van der Waals surface area contributed by atoms with E-state index in [1.807, 2.05) is 12.1 Å². The number of rotatable bonds is 7. The SMILES string of the molecule is CCc1ccc(OC[C@@H](O)C[NH+]2CC[NH+](CC)CC2)cc1. The monoisotopic (exact) mass is 294 g/mol. The molecular formula is C17H30N2O2+2. The minimum absolute atomic E-state index is 0.381. The maximum absolute atomic E-state index is 10.1. The third-order valence-electron chi connectivity index (χ3n) is 4.46. The van der Waals surface area contributed by atoms with Crippen LogP contribution < -0.4 is 14.5 Å². The molecule has 0 radical (unpaired) electrons. The van der Waals surface area contributed by atoms with Crippen LogP contribution in [-0.2, 0) is 6.42 Å². The zero-order chi connectivity index (χ0) is 15.1. The fourth-order valence-corrected chi connectivity index (χ4v) is 2.92. The molecule has 0 amide bonds. The summed E-state index contributed by atoms with van der Waals surface area (Å²) in [5.41, 5.74) is 1.31. The molecule has 1 aliphatic heterocycles. The summed E-state index contributed by atoms with van der Waals surface area (Å²) in [7, 11) is 0. The second-order valence-electron chi connectivity index (χ2n) is 6.02. The van der Waals surface area contributed by atoms with Crippen LogP contribution in [0.25, 0.3) is 0 Å². The second-order valence-corrected chi connectivity index (χ2v) is 6.02. The van der Waals surface area contributed by atoms with Crippen LogP contribution in [0.3, 0.4) is 0 Å². The van der Waals surface area contributed by atoms with E-state index >= 15 is 0 Å². The van der Waals surface area contributed by atoms with Crippen molar-refractivity contribution < 1.29 is 19.6 Å². The van der Waals surface area contributed by atoms with Crippen molar-refractivity contribution in [1.29, 1.82) is 0 Å². The molecule has 1 atom stereocenters. The number of aliphatic hydroxyl groups excluding tert-OH is 1. The van der Waals surface area contributed by atoms with Crippen molar-refractivity contribution in [2.24, 2.45) is 0 Å². The molecule has 1 aromatic carbocycles. The summed E-state index contributed by atoms with van der Waals surface area (Å²) in [5.74, 6) is 0.849. The Morgan fingerprint density at radius 3 is 2.24 bits per heavy atom. The average Bonchev–Trinajstić information content (AvgIpc) is 2.54. The van der Waals surface area contributed by atoms with E-state index in [0.717, 1.165) is 31.8 Å². The molecule has 0 unspecified atom stereocenters. The van der Waals surface area contributed by atoms with E-state index in [1.165, 1.54) is 30.1 Å². The van der Waals surface area contributed by atoms with Crippen molar-refractivity contribution in [2.45, 2.75) is 26.4 Å². The summed E-state index contributed by atoms with van der Waals surface area (Å²) in [4.78, 5) is 3.19. The lowest BCUT2D eigenvalue weighted by Gasteiger charge is -2.30. The van der Waals surface area contributed by atoms with Gasteiger partial charge in [0.15, 0.2) is 0 Å².